The van der Waals surface area contributed by atoms with Gasteiger partial charge >= 0.3 is 6.18 Å². The van der Waals surface area contributed by atoms with E-state index in [0.29, 0.717) is 27.6 Å². The molecule has 0 saturated heterocycles. The number of rotatable bonds is 3. The molecule has 2 aromatic carbocycles. The smallest absolute Gasteiger partial charge is 0.218 e. The molecule has 3 nitrogen and oxygen atoms in total. The molecule has 0 fully saturated rings. The van der Waals surface area contributed by atoms with E-state index in [1.165, 1.54) is 28.2 Å². The number of aryl methyl sites for hydroxylation is 1. The molecule has 142 valence electrons. The Morgan fingerprint density at radius 3 is 2.21 bits per heavy atom. The zero-order chi connectivity index (χ0) is 19.9. The second-order valence-electron chi connectivity index (χ2n) is 6.21. The zero-order valence-electron chi connectivity index (χ0n) is 14.5. The fourth-order valence-corrected chi connectivity index (χ4v) is 3.51. The van der Waals surface area contributed by atoms with Gasteiger partial charge in [0, 0.05) is 16.5 Å². The monoisotopic (exact) mass is 403 g/mol. The Balaban J connectivity index is 1.81. The second kappa shape index (κ2) is 6.87. The molecule has 2 aromatic heterocycles. The molecule has 0 spiro atoms. The number of nitrogens with zero attached hydrogens (tertiary/aromatic N) is 3. The van der Waals surface area contributed by atoms with Crippen molar-refractivity contribution < 1.29 is 17.6 Å². The molecule has 0 amide bonds. The highest BCUT2D eigenvalue weighted by atomic mass is 32.1. The maximum Gasteiger partial charge on any atom is 0.435 e. The Labute approximate surface area is 161 Å². The van der Waals surface area contributed by atoms with Crippen molar-refractivity contribution in [1.82, 2.24) is 14.8 Å². The Bertz CT molecular complexity index is 1110. The summed E-state index contributed by atoms with van der Waals surface area (Å²) < 4.78 is 54.1. The van der Waals surface area contributed by atoms with Crippen molar-refractivity contribution >= 4 is 11.3 Å². The molecule has 0 N–H and O–H groups in total. The molecule has 0 radical (unpaired) electrons. The van der Waals surface area contributed by atoms with Crippen LogP contribution in [0.5, 0.6) is 0 Å². The summed E-state index contributed by atoms with van der Waals surface area (Å²) in [7, 11) is 0. The van der Waals surface area contributed by atoms with Crippen molar-refractivity contribution in [2.75, 3.05) is 0 Å². The van der Waals surface area contributed by atoms with Gasteiger partial charge < -0.3 is 0 Å². The average molecular weight is 403 g/mol. The van der Waals surface area contributed by atoms with E-state index in [9.17, 15) is 17.6 Å². The summed E-state index contributed by atoms with van der Waals surface area (Å²) in [4.78, 5) is 4.41. The second-order valence-corrected chi connectivity index (χ2v) is 7.05. The number of hydrogen-bond donors (Lipinski definition) is 0. The van der Waals surface area contributed by atoms with Gasteiger partial charge in [0.15, 0.2) is 5.69 Å². The van der Waals surface area contributed by atoms with Crippen LogP contribution in [0.25, 0.3) is 27.6 Å². The summed E-state index contributed by atoms with van der Waals surface area (Å²) in [6.45, 7) is 1.90. The Hall–Kier alpha value is -3.00. The van der Waals surface area contributed by atoms with Gasteiger partial charge in [0.25, 0.3) is 0 Å². The third kappa shape index (κ3) is 3.55. The van der Waals surface area contributed by atoms with Gasteiger partial charge in [-0.05, 0) is 37.3 Å². The molecule has 4 aromatic rings. The minimum absolute atomic E-state index is 0.297. The maximum atomic E-state index is 13.3. The minimum Gasteiger partial charge on any atom is -0.218 e. The number of halogens is 4. The topological polar surface area (TPSA) is 30.7 Å². The highest BCUT2D eigenvalue weighted by Crippen LogP contribution is 2.34. The molecule has 0 saturated carbocycles. The molecule has 0 aliphatic heterocycles. The fourth-order valence-electron chi connectivity index (χ4n) is 2.71. The molecular formula is C20H13F4N3S. The van der Waals surface area contributed by atoms with Crippen molar-refractivity contribution in [2.45, 2.75) is 13.1 Å². The first-order valence-electron chi connectivity index (χ1n) is 8.27. The molecule has 0 atom stereocenters. The van der Waals surface area contributed by atoms with E-state index in [2.05, 4.69) is 10.1 Å². The lowest BCUT2D eigenvalue weighted by molar-refractivity contribution is -0.141. The lowest BCUT2D eigenvalue weighted by atomic mass is 10.1. The molecule has 4 rings (SSSR count). The first-order chi connectivity index (χ1) is 13.3. The molecule has 8 heteroatoms. The van der Waals surface area contributed by atoms with E-state index in [4.69, 9.17) is 0 Å². The molecule has 28 heavy (non-hydrogen) atoms. The van der Waals surface area contributed by atoms with Crippen molar-refractivity contribution in [1.29, 1.82) is 0 Å². The summed E-state index contributed by atoms with van der Waals surface area (Å²) >= 11 is 1.17. The first-order valence-corrected chi connectivity index (χ1v) is 9.15. The van der Waals surface area contributed by atoms with Gasteiger partial charge in [-0.2, -0.15) is 18.3 Å². The Morgan fingerprint density at radius 2 is 1.57 bits per heavy atom. The van der Waals surface area contributed by atoms with E-state index in [-0.39, 0.29) is 5.82 Å². The lowest BCUT2D eigenvalue weighted by Gasteiger charge is -2.04. The SMILES string of the molecule is Cc1ccc(-c2cc(C(F)(F)F)nn2-c2nc(-c3ccc(F)cc3)cs2)cc1. The summed E-state index contributed by atoms with van der Waals surface area (Å²) in [6, 6.07) is 13.9. The van der Waals surface area contributed by atoms with Gasteiger partial charge in [-0.15, -0.1) is 11.3 Å². The summed E-state index contributed by atoms with van der Waals surface area (Å²) in [6.07, 6.45) is -4.57. The van der Waals surface area contributed by atoms with E-state index in [0.717, 1.165) is 11.6 Å². The van der Waals surface area contributed by atoms with Crippen LogP contribution in [0.15, 0.2) is 60.0 Å². The van der Waals surface area contributed by atoms with Crippen LogP contribution in [0.1, 0.15) is 11.3 Å². The summed E-state index contributed by atoms with van der Waals surface area (Å²) in [5, 5.41) is 5.75. The van der Waals surface area contributed by atoms with E-state index >= 15 is 0 Å². The normalized spacial score (nSPS) is 11.8. The molecule has 0 aliphatic carbocycles. The van der Waals surface area contributed by atoms with Crippen LogP contribution in [0.3, 0.4) is 0 Å². The maximum absolute atomic E-state index is 13.3. The fraction of sp³-hybridized carbons (Fsp3) is 0.100. The molecule has 0 bridgehead atoms. The molecule has 0 aliphatic rings. The van der Waals surface area contributed by atoms with Gasteiger partial charge in [0.2, 0.25) is 5.13 Å². The van der Waals surface area contributed by atoms with Crippen molar-refractivity contribution in [3.63, 3.8) is 0 Å². The van der Waals surface area contributed by atoms with Crippen LogP contribution < -0.4 is 0 Å². The van der Waals surface area contributed by atoms with Gasteiger partial charge in [-0.1, -0.05) is 29.8 Å². The standard InChI is InChI=1S/C20H13F4N3S/c1-12-2-4-14(5-3-12)17-10-18(20(22,23)24)26-27(17)19-25-16(11-28-19)13-6-8-15(21)9-7-13/h2-11H,1H3. The zero-order valence-corrected chi connectivity index (χ0v) is 15.4. The van der Waals surface area contributed by atoms with Gasteiger partial charge in [0.1, 0.15) is 5.82 Å². The lowest BCUT2D eigenvalue weighted by Crippen LogP contribution is -2.07. The number of benzene rings is 2. The Morgan fingerprint density at radius 1 is 0.929 bits per heavy atom. The quantitative estimate of drug-likeness (QED) is 0.385. The predicted octanol–water partition coefficient (Wildman–Crippen LogP) is 6.13. The van der Waals surface area contributed by atoms with Gasteiger partial charge in [-0.3, -0.25) is 0 Å². The van der Waals surface area contributed by atoms with Crippen LogP contribution in [0, 0.1) is 12.7 Å². The van der Waals surface area contributed by atoms with E-state index in [1.807, 2.05) is 19.1 Å². The van der Waals surface area contributed by atoms with Crippen LogP contribution in [-0.4, -0.2) is 14.8 Å². The third-order valence-electron chi connectivity index (χ3n) is 4.16. The number of thiazole rings is 1. The van der Waals surface area contributed by atoms with Crippen LogP contribution in [0.2, 0.25) is 0 Å². The van der Waals surface area contributed by atoms with Gasteiger partial charge in [0.05, 0.1) is 11.4 Å². The van der Waals surface area contributed by atoms with E-state index < -0.39 is 11.9 Å². The molecule has 0 unspecified atom stereocenters. The van der Waals surface area contributed by atoms with Crippen LogP contribution in [0.4, 0.5) is 17.6 Å². The third-order valence-corrected chi connectivity index (χ3v) is 4.98. The highest BCUT2D eigenvalue weighted by molar-refractivity contribution is 7.12. The Kier molecular flexibility index (Phi) is 4.50. The largest absolute Gasteiger partial charge is 0.435 e. The number of alkyl halides is 3. The minimum atomic E-state index is -4.57. The number of aromatic nitrogens is 3. The summed E-state index contributed by atoms with van der Waals surface area (Å²) in [5.74, 6) is -0.372. The predicted molar refractivity (Wildman–Crippen MR) is 99.8 cm³/mol. The molecule has 2 heterocycles. The summed E-state index contributed by atoms with van der Waals surface area (Å²) in [5.41, 5.74) is 2.13. The average Bonchev–Trinajstić information content (AvgIpc) is 3.30. The molecular weight excluding hydrogens is 390 g/mol. The first kappa shape index (κ1) is 18.4. The van der Waals surface area contributed by atoms with Crippen LogP contribution in [-0.2, 0) is 6.18 Å². The van der Waals surface area contributed by atoms with Crippen LogP contribution >= 0.6 is 11.3 Å². The van der Waals surface area contributed by atoms with Crippen molar-refractivity contribution in [3.05, 3.63) is 77.1 Å². The van der Waals surface area contributed by atoms with Crippen molar-refractivity contribution in [2.24, 2.45) is 0 Å². The number of hydrogen-bond acceptors (Lipinski definition) is 3. The van der Waals surface area contributed by atoms with E-state index in [1.54, 1.807) is 29.6 Å². The van der Waals surface area contributed by atoms with Gasteiger partial charge in [-0.25, -0.2) is 14.1 Å². The highest BCUT2D eigenvalue weighted by Gasteiger charge is 2.35. The van der Waals surface area contributed by atoms with Crippen molar-refractivity contribution in [3.8, 4) is 27.6 Å².